The number of nitrogens with zero attached hydrogens (tertiary/aromatic N) is 1. The van der Waals surface area contributed by atoms with E-state index in [0.29, 0.717) is 12.8 Å². The monoisotopic (exact) mass is 612 g/mol. The van der Waals surface area contributed by atoms with Crippen molar-refractivity contribution in [1.82, 2.24) is 4.90 Å². The number of ether oxygens (including phenoxy) is 2. The van der Waals surface area contributed by atoms with E-state index in [1.54, 1.807) is 0 Å². The highest BCUT2D eigenvalue weighted by Crippen LogP contribution is 2.17. The van der Waals surface area contributed by atoms with Crippen molar-refractivity contribution in [2.24, 2.45) is 0 Å². The lowest BCUT2D eigenvalue weighted by molar-refractivity contribution is -0.150. The van der Waals surface area contributed by atoms with Crippen LogP contribution in [0.3, 0.4) is 0 Å². The summed E-state index contributed by atoms with van der Waals surface area (Å²) in [6, 6.07) is 0. The van der Waals surface area contributed by atoms with Gasteiger partial charge in [-0.05, 0) is 84.2 Å². The van der Waals surface area contributed by atoms with Crippen molar-refractivity contribution in [2.75, 3.05) is 26.2 Å². The molecule has 0 fully saturated rings. The Kier molecular flexibility index (Phi) is 31.4. The molecule has 6 heteroatoms. The van der Waals surface area contributed by atoms with Crippen molar-refractivity contribution < 1.29 is 24.2 Å². The van der Waals surface area contributed by atoms with E-state index >= 15 is 0 Å². The molecule has 6 nitrogen and oxygen atoms in total. The Morgan fingerprint density at radius 2 is 0.953 bits per heavy atom. The summed E-state index contributed by atoms with van der Waals surface area (Å²) in [5.41, 5.74) is 0. The van der Waals surface area contributed by atoms with Crippen LogP contribution >= 0.6 is 0 Å². The first-order chi connectivity index (χ1) is 21.0. The molecule has 0 amide bonds. The first kappa shape index (κ1) is 41.9. The Morgan fingerprint density at radius 1 is 0.535 bits per heavy atom. The van der Waals surface area contributed by atoms with Crippen LogP contribution in [0.5, 0.6) is 0 Å². The molecule has 0 aromatic rings. The summed E-state index contributed by atoms with van der Waals surface area (Å²) >= 11 is 0. The number of unbranched alkanes of at least 4 members (excludes halogenated alkanes) is 15. The summed E-state index contributed by atoms with van der Waals surface area (Å²) < 4.78 is 11.4. The number of carbonyl (C=O) groups is 2. The molecule has 0 saturated heterocycles. The van der Waals surface area contributed by atoms with Gasteiger partial charge in [-0.25, -0.2) is 0 Å². The SMILES string of the molecule is CCCCCCC(CCCCC)OC(=O)CCCCCCCN(CCO)CCCCCCCC(=O)OC(C)CCCCC. The van der Waals surface area contributed by atoms with E-state index in [0.717, 1.165) is 103 Å². The van der Waals surface area contributed by atoms with Gasteiger partial charge in [-0.3, -0.25) is 9.59 Å². The summed E-state index contributed by atoms with van der Waals surface area (Å²) in [7, 11) is 0. The molecule has 256 valence electrons. The molecule has 0 aromatic carbocycles. The lowest BCUT2D eigenvalue weighted by atomic mass is 10.0. The van der Waals surface area contributed by atoms with Crippen LogP contribution in [-0.4, -0.2) is 60.4 Å². The van der Waals surface area contributed by atoms with E-state index in [2.05, 4.69) is 25.7 Å². The third-order valence-electron chi connectivity index (χ3n) is 8.48. The average Bonchev–Trinajstić information content (AvgIpc) is 2.98. The number of rotatable bonds is 33. The minimum atomic E-state index is -0.0438. The smallest absolute Gasteiger partial charge is 0.306 e. The van der Waals surface area contributed by atoms with Gasteiger partial charge in [0.1, 0.15) is 6.10 Å². The standard InChI is InChI=1S/C37H73NO5/c1-5-8-11-20-27-35(26-19-10-7-3)43-37(41)29-22-15-13-17-24-31-38(32-33-39)30-23-16-12-14-21-28-36(40)42-34(4)25-18-9-6-2/h34-35,39H,5-33H2,1-4H3. The van der Waals surface area contributed by atoms with Crippen LogP contribution in [0.1, 0.15) is 188 Å². The molecule has 2 atom stereocenters. The minimum absolute atomic E-state index is 0.00144. The Labute approximate surface area is 267 Å². The zero-order valence-electron chi connectivity index (χ0n) is 29.2. The second-order valence-corrected chi connectivity index (χ2v) is 12.9. The molecular formula is C37H73NO5. The average molecular weight is 612 g/mol. The lowest BCUT2D eigenvalue weighted by Gasteiger charge is -2.21. The number of aliphatic hydroxyl groups is 1. The zero-order chi connectivity index (χ0) is 31.8. The molecule has 0 spiro atoms. The molecule has 0 aliphatic heterocycles. The van der Waals surface area contributed by atoms with Gasteiger partial charge in [0.05, 0.1) is 12.7 Å². The molecule has 2 unspecified atom stereocenters. The summed E-state index contributed by atoms with van der Waals surface area (Å²) in [5.74, 6) is -0.0453. The fraction of sp³-hybridized carbons (Fsp3) is 0.946. The van der Waals surface area contributed by atoms with Gasteiger partial charge >= 0.3 is 11.9 Å². The molecule has 0 aromatic heterocycles. The largest absolute Gasteiger partial charge is 0.463 e. The lowest BCUT2D eigenvalue weighted by Crippen LogP contribution is -2.29. The van der Waals surface area contributed by atoms with Crippen LogP contribution in [-0.2, 0) is 19.1 Å². The van der Waals surface area contributed by atoms with Gasteiger partial charge in [0, 0.05) is 19.4 Å². The maximum Gasteiger partial charge on any atom is 0.306 e. The summed E-state index contributed by atoms with van der Waals surface area (Å²) in [4.78, 5) is 26.8. The Morgan fingerprint density at radius 3 is 1.49 bits per heavy atom. The van der Waals surface area contributed by atoms with Gasteiger partial charge in [0.2, 0.25) is 0 Å². The quantitative estimate of drug-likeness (QED) is 0.0588. The number of aliphatic hydroxyl groups excluding tert-OH is 1. The molecule has 0 bridgehead atoms. The van der Waals surface area contributed by atoms with Gasteiger partial charge in [0.25, 0.3) is 0 Å². The normalized spacial score (nSPS) is 12.9. The first-order valence-electron chi connectivity index (χ1n) is 18.7. The highest BCUT2D eigenvalue weighted by molar-refractivity contribution is 5.69. The predicted octanol–water partition coefficient (Wildman–Crippen LogP) is 9.94. The summed E-state index contributed by atoms with van der Waals surface area (Å²) in [6.07, 6.45) is 27.2. The summed E-state index contributed by atoms with van der Waals surface area (Å²) in [6.45, 7) is 11.7. The van der Waals surface area contributed by atoms with Crippen LogP contribution in [0.2, 0.25) is 0 Å². The molecule has 0 aliphatic carbocycles. The van der Waals surface area contributed by atoms with E-state index < -0.39 is 0 Å². The number of esters is 2. The molecule has 43 heavy (non-hydrogen) atoms. The van der Waals surface area contributed by atoms with Crippen molar-refractivity contribution in [3.63, 3.8) is 0 Å². The van der Waals surface area contributed by atoms with Crippen molar-refractivity contribution in [3.05, 3.63) is 0 Å². The first-order valence-corrected chi connectivity index (χ1v) is 18.7. The van der Waals surface area contributed by atoms with Crippen LogP contribution < -0.4 is 0 Å². The minimum Gasteiger partial charge on any atom is -0.463 e. The van der Waals surface area contributed by atoms with Gasteiger partial charge in [-0.2, -0.15) is 0 Å². The van der Waals surface area contributed by atoms with Gasteiger partial charge in [0.15, 0.2) is 0 Å². The molecule has 1 N–H and O–H groups in total. The highest BCUT2D eigenvalue weighted by atomic mass is 16.5. The molecule has 0 radical (unpaired) electrons. The maximum atomic E-state index is 12.4. The van der Waals surface area contributed by atoms with Gasteiger partial charge in [-0.15, -0.1) is 0 Å². The van der Waals surface area contributed by atoms with Crippen LogP contribution in [0.15, 0.2) is 0 Å². The van der Waals surface area contributed by atoms with E-state index in [4.69, 9.17) is 9.47 Å². The van der Waals surface area contributed by atoms with Gasteiger partial charge in [-0.1, -0.05) is 104 Å². The predicted molar refractivity (Wildman–Crippen MR) is 181 cm³/mol. The fourth-order valence-corrected chi connectivity index (χ4v) is 5.70. The zero-order valence-corrected chi connectivity index (χ0v) is 29.2. The van der Waals surface area contributed by atoms with Crippen molar-refractivity contribution in [3.8, 4) is 0 Å². The van der Waals surface area contributed by atoms with Crippen LogP contribution in [0, 0.1) is 0 Å². The Balaban J connectivity index is 3.89. The molecule has 0 heterocycles. The van der Waals surface area contributed by atoms with Gasteiger partial charge < -0.3 is 19.5 Å². The van der Waals surface area contributed by atoms with E-state index in [1.807, 2.05) is 6.92 Å². The van der Waals surface area contributed by atoms with Crippen molar-refractivity contribution in [1.29, 1.82) is 0 Å². The number of carbonyl (C=O) groups excluding carboxylic acids is 2. The fourth-order valence-electron chi connectivity index (χ4n) is 5.70. The van der Waals surface area contributed by atoms with E-state index in [9.17, 15) is 14.7 Å². The number of hydrogen-bond acceptors (Lipinski definition) is 6. The molecule has 0 saturated carbocycles. The van der Waals surface area contributed by atoms with Crippen molar-refractivity contribution >= 4 is 11.9 Å². The van der Waals surface area contributed by atoms with Crippen LogP contribution in [0.4, 0.5) is 0 Å². The topological polar surface area (TPSA) is 76.1 Å². The van der Waals surface area contributed by atoms with Crippen molar-refractivity contribution in [2.45, 2.75) is 200 Å². The highest BCUT2D eigenvalue weighted by Gasteiger charge is 2.14. The maximum absolute atomic E-state index is 12.4. The second kappa shape index (κ2) is 32.3. The second-order valence-electron chi connectivity index (χ2n) is 12.9. The van der Waals surface area contributed by atoms with E-state index in [-0.39, 0.29) is 30.8 Å². The third kappa shape index (κ3) is 29.3. The third-order valence-corrected chi connectivity index (χ3v) is 8.48. The molecular weight excluding hydrogens is 538 g/mol. The van der Waals surface area contributed by atoms with Crippen LogP contribution in [0.25, 0.3) is 0 Å². The molecule has 0 rings (SSSR count). The molecule has 0 aliphatic rings. The summed E-state index contributed by atoms with van der Waals surface area (Å²) in [5, 5.41) is 9.47. The van der Waals surface area contributed by atoms with E-state index in [1.165, 1.54) is 64.2 Å². The Hall–Kier alpha value is -1.14. The number of hydrogen-bond donors (Lipinski definition) is 1. The Bertz CT molecular complexity index is 614.